The first-order chi connectivity index (χ1) is 13.9. The molecule has 1 aromatic rings. The van der Waals surface area contributed by atoms with Crippen LogP contribution >= 0.6 is 0 Å². The standard InChI is InChI=1S/C21H29F8N/c1-3-5-7-9-13-19(24,25)20(26,27)21(28,29)30(14-10-8-6-4-2)18-12-11-16(22)15-17(18)23/h11-12,15H,3-10,13-14H2,1-2H3. The average molecular weight is 447 g/mol. The zero-order chi connectivity index (χ0) is 23.0. The normalized spacial score (nSPS) is 13.0. The summed E-state index contributed by atoms with van der Waals surface area (Å²) in [6.07, 6.45) is 1.28. The van der Waals surface area contributed by atoms with E-state index in [1.807, 2.05) is 6.92 Å². The Balaban J connectivity index is 3.23. The summed E-state index contributed by atoms with van der Waals surface area (Å²) in [7, 11) is 0. The van der Waals surface area contributed by atoms with Gasteiger partial charge in [-0.1, -0.05) is 52.4 Å². The lowest BCUT2D eigenvalue weighted by Crippen LogP contribution is -2.63. The van der Waals surface area contributed by atoms with Gasteiger partial charge in [0.2, 0.25) is 0 Å². The van der Waals surface area contributed by atoms with E-state index in [-0.39, 0.29) is 30.2 Å². The molecule has 0 atom stereocenters. The molecule has 0 bridgehead atoms. The van der Waals surface area contributed by atoms with Crippen LogP contribution in [-0.2, 0) is 0 Å². The van der Waals surface area contributed by atoms with E-state index in [0.29, 0.717) is 44.2 Å². The minimum absolute atomic E-state index is 0.0433. The summed E-state index contributed by atoms with van der Waals surface area (Å²) in [5.41, 5.74) is -1.04. The van der Waals surface area contributed by atoms with Gasteiger partial charge in [-0.3, -0.25) is 0 Å². The van der Waals surface area contributed by atoms with E-state index >= 15 is 0 Å². The van der Waals surface area contributed by atoms with Crippen LogP contribution in [0, 0.1) is 11.6 Å². The predicted octanol–water partition coefficient (Wildman–Crippen LogP) is 8.19. The summed E-state index contributed by atoms with van der Waals surface area (Å²) in [6, 6.07) is -3.94. The van der Waals surface area contributed by atoms with Gasteiger partial charge in [0.05, 0.1) is 5.69 Å². The Morgan fingerprint density at radius 1 is 0.767 bits per heavy atom. The van der Waals surface area contributed by atoms with E-state index in [4.69, 9.17) is 0 Å². The van der Waals surface area contributed by atoms with Gasteiger partial charge in [-0.05, 0) is 25.0 Å². The molecule has 174 valence electrons. The second-order valence-corrected chi connectivity index (χ2v) is 7.44. The third kappa shape index (κ3) is 6.23. The molecule has 0 heterocycles. The molecule has 0 radical (unpaired) electrons. The van der Waals surface area contributed by atoms with Crippen molar-refractivity contribution in [1.29, 1.82) is 0 Å². The van der Waals surface area contributed by atoms with Crippen molar-refractivity contribution in [3.8, 4) is 0 Å². The van der Waals surface area contributed by atoms with Gasteiger partial charge in [0.15, 0.2) is 0 Å². The van der Waals surface area contributed by atoms with Crippen LogP contribution in [0.5, 0.6) is 0 Å². The zero-order valence-corrected chi connectivity index (χ0v) is 17.3. The molecule has 0 unspecified atom stereocenters. The maximum Gasteiger partial charge on any atom is 0.395 e. The molecule has 0 aliphatic carbocycles. The quantitative estimate of drug-likeness (QED) is 0.158. The number of unbranched alkanes of at least 4 members (excludes halogenated alkanes) is 6. The van der Waals surface area contributed by atoms with Crippen molar-refractivity contribution >= 4 is 5.69 Å². The molecule has 1 rings (SSSR count). The molecule has 1 nitrogen and oxygen atoms in total. The molecule has 0 fully saturated rings. The van der Waals surface area contributed by atoms with Crippen molar-refractivity contribution in [3.63, 3.8) is 0 Å². The molecule has 0 spiro atoms. The Hall–Kier alpha value is -1.54. The summed E-state index contributed by atoms with van der Waals surface area (Å²) in [6.45, 7) is 2.84. The molecule has 30 heavy (non-hydrogen) atoms. The van der Waals surface area contributed by atoms with E-state index in [0.717, 1.165) is 0 Å². The van der Waals surface area contributed by atoms with Gasteiger partial charge < -0.3 is 4.90 Å². The molecular formula is C21H29F8N. The Bertz CT molecular complexity index is 648. The number of anilines is 1. The number of nitrogens with zero attached hydrogens (tertiary/aromatic N) is 1. The SMILES string of the molecule is CCCCCCN(c1ccc(F)cc1F)C(F)(F)C(F)(F)C(F)(F)CCCCCC. The molecule has 0 N–H and O–H groups in total. The number of hydrogen-bond donors (Lipinski definition) is 0. The van der Waals surface area contributed by atoms with Crippen LogP contribution in [0.3, 0.4) is 0 Å². The summed E-state index contributed by atoms with van der Waals surface area (Å²) < 4.78 is 114. The Morgan fingerprint density at radius 3 is 1.87 bits per heavy atom. The maximum atomic E-state index is 14.8. The first kappa shape index (κ1) is 26.5. The van der Waals surface area contributed by atoms with Gasteiger partial charge in [-0.25, -0.2) is 8.78 Å². The number of rotatable bonds is 14. The minimum Gasteiger partial charge on any atom is -0.305 e. The van der Waals surface area contributed by atoms with Gasteiger partial charge in [0.25, 0.3) is 0 Å². The lowest BCUT2D eigenvalue weighted by Gasteiger charge is -2.40. The lowest BCUT2D eigenvalue weighted by atomic mass is 10.00. The summed E-state index contributed by atoms with van der Waals surface area (Å²) in [5.74, 6) is -13.4. The Labute approximate surface area is 172 Å². The smallest absolute Gasteiger partial charge is 0.305 e. The lowest BCUT2D eigenvalue weighted by molar-refractivity contribution is -0.310. The molecule has 0 amide bonds. The van der Waals surface area contributed by atoms with Crippen LogP contribution in [0.25, 0.3) is 0 Å². The van der Waals surface area contributed by atoms with E-state index < -0.39 is 48.2 Å². The summed E-state index contributed by atoms with van der Waals surface area (Å²) in [4.78, 5) is -0.350. The molecule has 0 aliphatic rings. The van der Waals surface area contributed by atoms with Crippen LogP contribution in [0.1, 0.15) is 71.6 Å². The highest BCUT2D eigenvalue weighted by Crippen LogP contribution is 2.50. The average Bonchev–Trinajstić information content (AvgIpc) is 2.66. The fourth-order valence-corrected chi connectivity index (χ4v) is 3.13. The summed E-state index contributed by atoms with van der Waals surface area (Å²) in [5, 5.41) is 0. The van der Waals surface area contributed by atoms with Gasteiger partial charge in [-0.2, -0.15) is 26.3 Å². The van der Waals surface area contributed by atoms with E-state index in [9.17, 15) is 35.1 Å². The molecular weight excluding hydrogens is 418 g/mol. The fraction of sp³-hybridized carbons (Fsp3) is 0.714. The van der Waals surface area contributed by atoms with Crippen molar-refractivity contribution in [2.75, 3.05) is 11.4 Å². The third-order valence-corrected chi connectivity index (χ3v) is 4.96. The Morgan fingerprint density at radius 2 is 1.33 bits per heavy atom. The number of hydrogen-bond acceptors (Lipinski definition) is 1. The maximum absolute atomic E-state index is 14.8. The predicted molar refractivity (Wildman–Crippen MR) is 101 cm³/mol. The number of halogens is 8. The number of alkyl halides is 6. The second-order valence-electron chi connectivity index (χ2n) is 7.44. The Kier molecular flexibility index (Phi) is 9.88. The van der Waals surface area contributed by atoms with Crippen LogP contribution in [0.2, 0.25) is 0 Å². The number of benzene rings is 1. The molecule has 1 aromatic carbocycles. The molecule has 0 aliphatic heterocycles. The van der Waals surface area contributed by atoms with E-state index in [1.54, 1.807) is 6.92 Å². The first-order valence-electron chi connectivity index (χ1n) is 10.3. The molecule has 0 saturated carbocycles. The van der Waals surface area contributed by atoms with Crippen molar-refractivity contribution < 1.29 is 35.1 Å². The topological polar surface area (TPSA) is 3.24 Å². The third-order valence-electron chi connectivity index (χ3n) is 4.96. The van der Waals surface area contributed by atoms with Crippen molar-refractivity contribution in [3.05, 3.63) is 29.8 Å². The molecule has 0 saturated heterocycles. The van der Waals surface area contributed by atoms with Crippen molar-refractivity contribution in [1.82, 2.24) is 0 Å². The highest BCUT2D eigenvalue weighted by Gasteiger charge is 2.73. The van der Waals surface area contributed by atoms with Gasteiger partial charge in [0, 0.05) is 19.0 Å². The van der Waals surface area contributed by atoms with Crippen molar-refractivity contribution in [2.45, 2.75) is 89.5 Å². The largest absolute Gasteiger partial charge is 0.395 e. The monoisotopic (exact) mass is 447 g/mol. The van der Waals surface area contributed by atoms with Crippen LogP contribution in [0.4, 0.5) is 40.8 Å². The van der Waals surface area contributed by atoms with Crippen LogP contribution in [-0.4, -0.2) is 24.4 Å². The highest BCUT2D eigenvalue weighted by atomic mass is 19.3. The minimum atomic E-state index is -5.75. The van der Waals surface area contributed by atoms with Crippen LogP contribution in [0.15, 0.2) is 18.2 Å². The van der Waals surface area contributed by atoms with Gasteiger partial charge in [0.1, 0.15) is 11.6 Å². The van der Waals surface area contributed by atoms with Gasteiger partial charge >= 0.3 is 17.9 Å². The van der Waals surface area contributed by atoms with E-state index in [2.05, 4.69) is 0 Å². The van der Waals surface area contributed by atoms with Crippen molar-refractivity contribution in [2.24, 2.45) is 0 Å². The second kappa shape index (κ2) is 11.2. The zero-order valence-electron chi connectivity index (χ0n) is 17.3. The van der Waals surface area contributed by atoms with Crippen LogP contribution < -0.4 is 4.90 Å². The van der Waals surface area contributed by atoms with E-state index in [1.165, 1.54) is 0 Å². The fourth-order valence-electron chi connectivity index (χ4n) is 3.13. The first-order valence-corrected chi connectivity index (χ1v) is 10.3. The molecule has 9 heteroatoms. The highest BCUT2D eigenvalue weighted by molar-refractivity contribution is 5.50. The molecule has 0 aromatic heterocycles. The van der Waals surface area contributed by atoms with Gasteiger partial charge in [-0.15, -0.1) is 0 Å². The summed E-state index contributed by atoms with van der Waals surface area (Å²) >= 11 is 0.